The molecule has 1 atom stereocenters. The molecular weight excluding hydrogens is 266 g/mol. The highest BCUT2D eigenvalue weighted by molar-refractivity contribution is 5.81. The zero-order chi connectivity index (χ0) is 14.8. The Kier molecular flexibility index (Phi) is 3.82. The number of nitrogens with zero attached hydrogens (tertiary/aromatic N) is 2. The van der Waals surface area contributed by atoms with Crippen LogP contribution in [0.15, 0.2) is 24.3 Å². The zero-order valence-corrected chi connectivity index (χ0v) is 12.1. The molecule has 112 valence electrons. The maximum Gasteiger partial charge on any atom is 0.236 e. The first-order chi connectivity index (χ1) is 10.1. The van der Waals surface area contributed by atoms with Gasteiger partial charge >= 0.3 is 0 Å². The van der Waals surface area contributed by atoms with Gasteiger partial charge < -0.3 is 15.5 Å². The molecule has 1 fully saturated rings. The van der Waals surface area contributed by atoms with E-state index in [-0.39, 0.29) is 18.4 Å². The van der Waals surface area contributed by atoms with E-state index in [9.17, 15) is 9.59 Å². The van der Waals surface area contributed by atoms with Crippen LogP contribution in [0.3, 0.4) is 0 Å². The molecule has 0 aliphatic carbocycles. The first-order valence-electron chi connectivity index (χ1n) is 7.55. The maximum absolute atomic E-state index is 11.7. The SMILES string of the molecule is NC(=O)CN1CC(CCN2CCCC2=O)c2ccccc21. The van der Waals surface area contributed by atoms with Crippen LogP contribution in [0.1, 0.15) is 30.7 Å². The fraction of sp³-hybridized carbons (Fsp3) is 0.500. The normalized spacial score (nSPS) is 21.0. The average molecular weight is 287 g/mol. The molecule has 2 aliphatic rings. The largest absolute Gasteiger partial charge is 0.368 e. The molecule has 5 heteroatoms. The summed E-state index contributed by atoms with van der Waals surface area (Å²) in [5.74, 6) is 0.337. The van der Waals surface area contributed by atoms with Gasteiger partial charge in [0.15, 0.2) is 0 Å². The summed E-state index contributed by atoms with van der Waals surface area (Å²) < 4.78 is 0. The lowest BCUT2D eigenvalue weighted by atomic mass is 9.98. The van der Waals surface area contributed by atoms with Gasteiger partial charge in [-0.3, -0.25) is 9.59 Å². The lowest BCUT2D eigenvalue weighted by Crippen LogP contribution is -2.33. The highest BCUT2D eigenvalue weighted by Crippen LogP contribution is 2.37. The number of benzene rings is 1. The molecule has 2 amide bonds. The van der Waals surface area contributed by atoms with Crippen molar-refractivity contribution in [1.82, 2.24) is 4.90 Å². The van der Waals surface area contributed by atoms with Gasteiger partial charge in [-0.15, -0.1) is 0 Å². The third-order valence-corrected chi connectivity index (χ3v) is 4.42. The number of rotatable bonds is 5. The molecule has 5 nitrogen and oxygen atoms in total. The van der Waals surface area contributed by atoms with Crippen molar-refractivity contribution in [3.63, 3.8) is 0 Å². The molecule has 0 saturated carbocycles. The van der Waals surface area contributed by atoms with Gasteiger partial charge in [-0.05, 0) is 24.5 Å². The van der Waals surface area contributed by atoms with Crippen molar-refractivity contribution in [3.05, 3.63) is 29.8 Å². The van der Waals surface area contributed by atoms with E-state index in [4.69, 9.17) is 5.73 Å². The molecule has 3 rings (SSSR count). The van der Waals surface area contributed by atoms with Crippen molar-refractivity contribution in [2.75, 3.05) is 31.1 Å². The lowest BCUT2D eigenvalue weighted by molar-refractivity contribution is -0.127. The number of fused-ring (bicyclic) bond motifs is 1. The Balaban J connectivity index is 1.69. The van der Waals surface area contributed by atoms with E-state index in [1.165, 1.54) is 5.56 Å². The third kappa shape index (κ3) is 2.86. The quantitative estimate of drug-likeness (QED) is 0.881. The molecule has 0 aromatic heterocycles. The number of anilines is 1. The zero-order valence-electron chi connectivity index (χ0n) is 12.1. The summed E-state index contributed by atoms with van der Waals surface area (Å²) in [5, 5.41) is 0. The summed E-state index contributed by atoms with van der Waals surface area (Å²) in [5.41, 5.74) is 7.71. The van der Waals surface area contributed by atoms with Crippen LogP contribution in [0.2, 0.25) is 0 Å². The van der Waals surface area contributed by atoms with E-state index in [1.807, 2.05) is 28.0 Å². The Labute approximate surface area is 124 Å². The fourth-order valence-corrected chi connectivity index (χ4v) is 3.42. The van der Waals surface area contributed by atoms with Gasteiger partial charge in [-0.2, -0.15) is 0 Å². The predicted octanol–water partition coefficient (Wildman–Crippen LogP) is 1.09. The minimum atomic E-state index is -0.305. The van der Waals surface area contributed by atoms with Gasteiger partial charge in [0, 0.05) is 37.7 Å². The van der Waals surface area contributed by atoms with Crippen LogP contribution in [0.4, 0.5) is 5.69 Å². The van der Waals surface area contributed by atoms with Crippen LogP contribution in [0, 0.1) is 0 Å². The monoisotopic (exact) mass is 287 g/mol. The van der Waals surface area contributed by atoms with Gasteiger partial charge in [0.05, 0.1) is 6.54 Å². The van der Waals surface area contributed by atoms with Crippen LogP contribution in [-0.4, -0.2) is 42.9 Å². The van der Waals surface area contributed by atoms with E-state index in [0.29, 0.717) is 12.3 Å². The van der Waals surface area contributed by atoms with Gasteiger partial charge in [0.25, 0.3) is 0 Å². The van der Waals surface area contributed by atoms with Crippen LogP contribution in [0.25, 0.3) is 0 Å². The second-order valence-electron chi connectivity index (χ2n) is 5.88. The third-order valence-electron chi connectivity index (χ3n) is 4.42. The number of likely N-dealkylation sites (tertiary alicyclic amines) is 1. The first-order valence-corrected chi connectivity index (χ1v) is 7.55. The number of para-hydroxylation sites is 1. The van der Waals surface area contributed by atoms with Gasteiger partial charge in [0.2, 0.25) is 11.8 Å². The molecule has 1 unspecified atom stereocenters. The van der Waals surface area contributed by atoms with Crippen molar-refractivity contribution in [1.29, 1.82) is 0 Å². The highest BCUT2D eigenvalue weighted by atomic mass is 16.2. The highest BCUT2D eigenvalue weighted by Gasteiger charge is 2.30. The van der Waals surface area contributed by atoms with Gasteiger partial charge in [0.1, 0.15) is 0 Å². The number of carbonyl (C=O) groups is 2. The van der Waals surface area contributed by atoms with Crippen molar-refractivity contribution in [2.24, 2.45) is 5.73 Å². The number of carbonyl (C=O) groups excluding carboxylic acids is 2. The Hall–Kier alpha value is -2.04. The molecule has 0 bridgehead atoms. The number of primary amides is 1. The molecule has 0 radical (unpaired) electrons. The number of hydrogen-bond donors (Lipinski definition) is 1. The Morgan fingerprint density at radius 1 is 1.29 bits per heavy atom. The topological polar surface area (TPSA) is 66.6 Å². The summed E-state index contributed by atoms with van der Waals surface area (Å²) in [6, 6.07) is 8.17. The van der Waals surface area contributed by atoms with E-state index >= 15 is 0 Å². The van der Waals surface area contributed by atoms with Crippen molar-refractivity contribution >= 4 is 17.5 Å². The van der Waals surface area contributed by atoms with Gasteiger partial charge in [-0.1, -0.05) is 18.2 Å². The maximum atomic E-state index is 11.7. The Morgan fingerprint density at radius 3 is 2.81 bits per heavy atom. The minimum absolute atomic E-state index is 0.260. The van der Waals surface area contributed by atoms with Crippen molar-refractivity contribution in [2.45, 2.75) is 25.2 Å². The second kappa shape index (κ2) is 5.76. The molecule has 21 heavy (non-hydrogen) atoms. The summed E-state index contributed by atoms with van der Waals surface area (Å²) in [6.45, 7) is 2.76. The molecule has 2 aliphatic heterocycles. The number of amides is 2. The van der Waals surface area contributed by atoms with Crippen LogP contribution in [0.5, 0.6) is 0 Å². The van der Waals surface area contributed by atoms with E-state index in [2.05, 4.69) is 6.07 Å². The van der Waals surface area contributed by atoms with E-state index in [1.54, 1.807) is 0 Å². The van der Waals surface area contributed by atoms with E-state index < -0.39 is 0 Å². The standard InChI is InChI=1S/C16H21N3O2/c17-15(20)11-19-10-12(13-4-1-2-5-14(13)19)7-9-18-8-3-6-16(18)21/h1-2,4-5,12H,3,6-11H2,(H2,17,20). The summed E-state index contributed by atoms with van der Waals surface area (Å²) in [7, 11) is 0. The van der Waals surface area contributed by atoms with Crippen molar-refractivity contribution < 1.29 is 9.59 Å². The summed E-state index contributed by atoms with van der Waals surface area (Å²) in [4.78, 5) is 26.9. The second-order valence-corrected chi connectivity index (χ2v) is 5.88. The summed E-state index contributed by atoms with van der Waals surface area (Å²) >= 11 is 0. The van der Waals surface area contributed by atoms with Crippen LogP contribution >= 0.6 is 0 Å². The first kappa shape index (κ1) is 13.9. The Morgan fingerprint density at radius 2 is 2.10 bits per heavy atom. The predicted molar refractivity (Wildman–Crippen MR) is 81.0 cm³/mol. The molecule has 2 heterocycles. The van der Waals surface area contributed by atoms with Crippen LogP contribution < -0.4 is 10.6 Å². The number of nitrogens with two attached hydrogens (primary N) is 1. The van der Waals surface area contributed by atoms with Crippen molar-refractivity contribution in [3.8, 4) is 0 Å². The lowest BCUT2D eigenvalue weighted by Gasteiger charge is -2.20. The molecular formula is C16H21N3O2. The van der Waals surface area contributed by atoms with Gasteiger partial charge in [-0.25, -0.2) is 0 Å². The molecule has 0 spiro atoms. The van der Waals surface area contributed by atoms with E-state index in [0.717, 1.165) is 38.2 Å². The average Bonchev–Trinajstić information content (AvgIpc) is 3.01. The van der Waals surface area contributed by atoms with Crippen LogP contribution in [-0.2, 0) is 9.59 Å². The molecule has 1 saturated heterocycles. The molecule has 1 aromatic carbocycles. The molecule has 1 aromatic rings. The Bertz CT molecular complexity index is 558. The molecule has 2 N–H and O–H groups in total. The minimum Gasteiger partial charge on any atom is -0.368 e. The number of hydrogen-bond acceptors (Lipinski definition) is 3. The fourth-order valence-electron chi connectivity index (χ4n) is 3.42. The smallest absolute Gasteiger partial charge is 0.236 e. The summed E-state index contributed by atoms with van der Waals surface area (Å²) in [6.07, 6.45) is 2.61.